The number of hydrogen-bond donors (Lipinski definition) is 1. The van der Waals surface area contributed by atoms with Crippen molar-refractivity contribution in [3.63, 3.8) is 0 Å². The summed E-state index contributed by atoms with van der Waals surface area (Å²) >= 11 is 8.03. The molecule has 19 heavy (non-hydrogen) atoms. The van der Waals surface area contributed by atoms with Crippen LogP contribution in [-0.2, 0) is 11.3 Å². The van der Waals surface area contributed by atoms with Gasteiger partial charge in [-0.05, 0) is 40.8 Å². The van der Waals surface area contributed by atoms with Gasteiger partial charge < -0.3 is 10.1 Å². The fourth-order valence-corrected chi connectivity index (χ4v) is 2.16. The first-order valence-corrected chi connectivity index (χ1v) is 6.85. The molecule has 5 nitrogen and oxygen atoms in total. The molecule has 0 aliphatic heterocycles. The number of hydrogen-bond acceptors (Lipinski definition) is 3. The quantitative estimate of drug-likeness (QED) is 0.816. The summed E-state index contributed by atoms with van der Waals surface area (Å²) in [6.07, 6.45) is 3.48. The Labute approximate surface area is 129 Å². The van der Waals surface area contributed by atoms with Crippen LogP contribution in [0.4, 0.5) is 5.69 Å². The third-order valence-electron chi connectivity index (χ3n) is 2.34. The van der Waals surface area contributed by atoms with Gasteiger partial charge in [0, 0.05) is 11.2 Å². The number of halogens is 2. The number of carbonyl (C=O) groups excluding carboxylic acids is 1. The molecule has 0 bridgehead atoms. The summed E-state index contributed by atoms with van der Waals surface area (Å²) < 4.78 is 7.70. The molecule has 0 spiro atoms. The van der Waals surface area contributed by atoms with Crippen molar-refractivity contribution in [2.45, 2.75) is 6.54 Å². The second-order valence-corrected chi connectivity index (χ2v) is 5.43. The van der Waals surface area contributed by atoms with E-state index in [9.17, 15) is 4.79 Å². The highest BCUT2D eigenvalue weighted by atomic mass is 127. The van der Waals surface area contributed by atoms with Crippen molar-refractivity contribution >= 4 is 45.8 Å². The number of aromatic nitrogens is 2. The summed E-state index contributed by atoms with van der Waals surface area (Å²) in [7, 11) is 1.54. The van der Waals surface area contributed by atoms with Gasteiger partial charge >= 0.3 is 0 Å². The number of methoxy groups -OCH3 is 1. The van der Waals surface area contributed by atoms with Crippen LogP contribution in [0.25, 0.3) is 0 Å². The van der Waals surface area contributed by atoms with Crippen LogP contribution in [-0.4, -0.2) is 22.8 Å². The highest BCUT2D eigenvalue weighted by molar-refractivity contribution is 14.1. The summed E-state index contributed by atoms with van der Waals surface area (Å²) in [4.78, 5) is 11.9. The highest BCUT2D eigenvalue weighted by Gasteiger charge is 2.09. The molecule has 7 heteroatoms. The number of benzene rings is 1. The second kappa shape index (κ2) is 6.25. The first kappa shape index (κ1) is 14.1. The van der Waals surface area contributed by atoms with Gasteiger partial charge in [0.2, 0.25) is 5.91 Å². The minimum Gasteiger partial charge on any atom is -0.495 e. The lowest BCUT2D eigenvalue weighted by Gasteiger charge is -2.10. The molecular formula is C12H11ClIN3O2. The SMILES string of the molecule is COc1ccc(Cl)cc1NC(=O)Cn1cc(I)cn1. The summed E-state index contributed by atoms with van der Waals surface area (Å²) in [6, 6.07) is 5.05. The number of rotatable bonds is 4. The lowest BCUT2D eigenvalue weighted by Crippen LogP contribution is -2.19. The fourth-order valence-electron chi connectivity index (χ4n) is 1.54. The van der Waals surface area contributed by atoms with E-state index in [1.165, 1.54) is 7.11 Å². The van der Waals surface area contributed by atoms with Crippen molar-refractivity contribution in [2.75, 3.05) is 12.4 Å². The standard InChI is InChI=1S/C12H11ClIN3O2/c1-19-11-3-2-8(13)4-10(11)16-12(18)7-17-6-9(14)5-15-17/h2-6H,7H2,1H3,(H,16,18). The van der Waals surface area contributed by atoms with E-state index in [0.29, 0.717) is 16.5 Å². The molecule has 0 aliphatic carbocycles. The zero-order valence-electron chi connectivity index (χ0n) is 10.1. The maximum atomic E-state index is 11.9. The summed E-state index contributed by atoms with van der Waals surface area (Å²) in [5, 5.41) is 7.33. The maximum absolute atomic E-state index is 11.9. The molecule has 0 aliphatic rings. The van der Waals surface area contributed by atoms with Crippen molar-refractivity contribution in [3.8, 4) is 5.75 Å². The van der Waals surface area contributed by atoms with Crippen LogP contribution in [0.2, 0.25) is 5.02 Å². The molecule has 1 heterocycles. The van der Waals surface area contributed by atoms with E-state index in [4.69, 9.17) is 16.3 Å². The van der Waals surface area contributed by atoms with Crippen LogP contribution in [0.15, 0.2) is 30.6 Å². The largest absolute Gasteiger partial charge is 0.495 e. The molecule has 0 saturated carbocycles. The van der Waals surface area contributed by atoms with Crippen LogP contribution < -0.4 is 10.1 Å². The highest BCUT2D eigenvalue weighted by Crippen LogP contribution is 2.27. The van der Waals surface area contributed by atoms with Crippen LogP contribution >= 0.6 is 34.2 Å². The third-order valence-corrected chi connectivity index (χ3v) is 3.14. The average molecular weight is 392 g/mol. The van der Waals surface area contributed by atoms with Crippen molar-refractivity contribution in [1.29, 1.82) is 0 Å². The summed E-state index contributed by atoms with van der Waals surface area (Å²) in [5.74, 6) is 0.368. The lowest BCUT2D eigenvalue weighted by atomic mass is 10.3. The van der Waals surface area contributed by atoms with E-state index in [1.54, 1.807) is 35.3 Å². The molecule has 1 aromatic heterocycles. The Morgan fingerprint density at radius 2 is 2.37 bits per heavy atom. The van der Waals surface area contributed by atoms with Crippen molar-refractivity contribution in [3.05, 3.63) is 39.2 Å². The van der Waals surface area contributed by atoms with E-state index < -0.39 is 0 Å². The van der Waals surface area contributed by atoms with Gasteiger partial charge in [-0.3, -0.25) is 9.48 Å². The smallest absolute Gasteiger partial charge is 0.246 e. The Bertz CT molecular complexity index is 600. The van der Waals surface area contributed by atoms with Gasteiger partial charge in [0.25, 0.3) is 0 Å². The van der Waals surface area contributed by atoms with Gasteiger partial charge in [0.05, 0.1) is 22.6 Å². The Hall–Kier alpha value is -1.28. The number of carbonyl (C=O) groups is 1. The minimum absolute atomic E-state index is 0.138. The Morgan fingerprint density at radius 1 is 1.58 bits per heavy atom. The molecule has 2 rings (SSSR count). The minimum atomic E-state index is -0.194. The zero-order valence-corrected chi connectivity index (χ0v) is 13.0. The number of ether oxygens (including phenoxy) is 1. The molecule has 1 amide bonds. The molecule has 2 aromatic rings. The molecule has 0 saturated heterocycles. The predicted molar refractivity (Wildman–Crippen MR) is 81.6 cm³/mol. The molecular weight excluding hydrogens is 381 g/mol. The van der Waals surface area contributed by atoms with Crippen LogP contribution in [0.1, 0.15) is 0 Å². The Balaban J connectivity index is 2.08. The maximum Gasteiger partial charge on any atom is 0.246 e. The second-order valence-electron chi connectivity index (χ2n) is 3.75. The van der Waals surface area contributed by atoms with Crippen molar-refractivity contribution < 1.29 is 9.53 Å². The topological polar surface area (TPSA) is 56.1 Å². The van der Waals surface area contributed by atoms with E-state index in [1.807, 2.05) is 0 Å². The molecule has 1 aromatic carbocycles. The molecule has 100 valence electrons. The van der Waals surface area contributed by atoms with Gasteiger partial charge in [-0.2, -0.15) is 5.10 Å². The summed E-state index contributed by atoms with van der Waals surface area (Å²) in [5.41, 5.74) is 0.543. The number of nitrogens with zero attached hydrogens (tertiary/aromatic N) is 2. The van der Waals surface area contributed by atoms with Crippen molar-refractivity contribution in [2.24, 2.45) is 0 Å². The van der Waals surface area contributed by atoms with E-state index in [2.05, 4.69) is 33.0 Å². The van der Waals surface area contributed by atoms with Gasteiger partial charge in [0.15, 0.2) is 0 Å². The van der Waals surface area contributed by atoms with Gasteiger partial charge in [0.1, 0.15) is 12.3 Å². The number of anilines is 1. The van der Waals surface area contributed by atoms with Gasteiger partial charge in [-0.15, -0.1) is 0 Å². The number of nitrogens with one attached hydrogen (secondary N) is 1. The molecule has 0 unspecified atom stereocenters. The Kier molecular flexibility index (Phi) is 4.65. The molecule has 1 N–H and O–H groups in total. The normalized spacial score (nSPS) is 10.3. The fraction of sp³-hybridized carbons (Fsp3) is 0.167. The number of amides is 1. The van der Waals surface area contributed by atoms with E-state index in [0.717, 1.165) is 3.57 Å². The molecule has 0 fully saturated rings. The van der Waals surface area contributed by atoms with Crippen LogP contribution in [0.5, 0.6) is 5.75 Å². The van der Waals surface area contributed by atoms with E-state index >= 15 is 0 Å². The lowest BCUT2D eigenvalue weighted by molar-refractivity contribution is -0.116. The zero-order chi connectivity index (χ0) is 13.8. The van der Waals surface area contributed by atoms with Crippen molar-refractivity contribution in [1.82, 2.24) is 9.78 Å². The molecule has 0 atom stereocenters. The van der Waals surface area contributed by atoms with Crippen LogP contribution in [0.3, 0.4) is 0 Å². The third kappa shape index (κ3) is 3.84. The monoisotopic (exact) mass is 391 g/mol. The van der Waals surface area contributed by atoms with Gasteiger partial charge in [-0.25, -0.2) is 0 Å². The van der Waals surface area contributed by atoms with Crippen LogP contribution in [0, 0.1) is 3.57 Å². The first-order valence-electron chi connectivity index (χ1n) is 5.40. The first-order chi connectivity index (χ1) is 9.08. The van der Waals surface area contributed by atoms with Gasteiger partial charge in [-0.1, -0.05) is 11.6 Å². The van der Waals surface area contributed by atoms with E-state index in [-0.39, 0.29) is 12.5 Å². The summed E-state index contributed by atoms with van der Waals surface area (Å²) in [6.45, 7) is 0.138. The molecule has 0 radical (unpaired) electrons. The average Bonchev–Trinajstić information content (AvgIpc) is 2.75. The Morgan fingerprint density at radius 3 is 3.00 bits per heavy atom. The predicted octanol–water partition coefficient (Wildman–Crippen LogP) is 2.79.